The van der Waals surface area contributed by atoms with Crippen LogP contribution in [0.5, 0.6) is 0 Å². The fraction of sp³-hybridized carbons (Fsp3) is 0.344. The molecule has 2 heterocycles. The summed E-state index contributed by atoms with van der Waals surface area (Å²) in [6, 6.07) is 15.8. The number of amides is 3. The van der Waals surface area contributed by atoms with Crippen molar-refractivity contribution in [1.82, 2.24) is 10.3 Å². The Kier molecular flexibility index (Phi) is 7.61. The van der Waals surface area contributed by atoms with Gasteiger partial charge in [-0.3, -0.25) is 24.2 Å². The predicted octanol–water partition coefficient (Wildman–Crippen LogP) is 5.67. The second kappa shape index (κ2) is 11.4. The molecule has 1 saturated heterocycles. The molecule has 6 rings (SSSR count). The van der Waals surface area contributed by atoms with Crippen LogP contribution in [0.3, 0.4) is 0 Å². The van der Waals surface area contributed by atoms with Crippen LogP contribution in [0, 0.1) is 11.3 Å². The Hall–Kier alpha value is -4.36. The minimum absolute atomic E-state index is 0.0605. The highest BCUT2D eigenvalue weighted by Gasteiger charge is 2.48. The Balaban J connectivity index is 1.45. The summed E-state index contributed by atoms with van der Waals surface area (Å²) in [5, 5.41) is 12.3. The third kappa shape index (κ3) is 5.82. The molecule has 220 valence electrons. The molecule has 0 unspecified atom stereocenters. The molecule has 3 amide bonds. The summed E-state index contributed by atoms with van der Waals surface area (Å²) >= 11 is 6.62. The van der Waals surface area contributed by atoms with Gasteiger partial charge < -0.3 is 5.32 Å². The number of nitriles is 1. The average Bonchev–Trinajstić information content (AvgIpc) is 3.76. The molecule has 2 aliphatic carbocycles. The maximum atomic E-state index is 14.7. The van der Waals surface area contributed by atoms with Crippen molar-refractivity contribution < 1.29 is 23.2 Å². The number of benzene rings is 2. The van der Waals surface area contributed by atoms with Gasteiger partial charge in [-0.15, -0.1) is 0 Å². The number of hydrogen-bond acceptors (Lipinski definition) is 5. The summed E-state index contributed by atoms with van der Waals surface area (Å²) < 4.78 is 27.4. The molecule has 0 radical (unpaired) electrons. The van der Waals surface area contributed by atoms with Crippen molar-refractivity contribution in [1.29, 1.82) is 5.26 Å². The van der Waals surface area contributed by atoms with Gasteiger partial charge in [0.1, 0.15) is 17.9 Å². The second-order valence-corrected chi connectivity index (χ2v) is 11.7. The zero-order valence-corrected chi connectivity index (χ0v) is 23.8. The van der Waals surface area contributed by atoms with Crippen molar-refractivity contribution in [3.63, 3.8) is 0 Å². The lowest BCUT2D eigenvalue weighted by atomic mass is 9.87. The number of rotatable bonds is 8. The van der Waals surface area contributed by atoms with Crippen LogP contribution in [0.1, 0.15) is 67.2 Å². The summed E-state index contributed by atoms with van der Waals surface area (Å²) in [6.45, 7) is 0. The van der Waals surface area contributed by atoms with E-state index in [2.05, 4.69) is 10.3 Å². The smallest absolute Gasteiger partial charge is 0.252 e. The van der Waals surface area contributed by atoms with Crippen LogP contribution in [0.25, 0.3) is 0 Å². The molecule has 1 aromatic heterocycles. The first kappa shape index (κ1) is 28.7. The summed E-state index contributed by atoms with van der Waals surface area (Å²) in [7, 11) is 0. The highest BCUT2D eigenvalue weighted by Crippen LogP contribution is 2.43. The number of nitrogens with one attached hydrogen (secondary N) is 1. The molecule has 0 bridgehead atoms. The first-order valence-corrected chi connectivity index (χ1v) is 14.6. The van der Waals surface area contributed by atoms with Gasteiger partial charge >= 0.3 is 0 Å². The van der Waals surface area contributed by atoms with E-state index in [1.165, 1.54) is 28.1 Å². The molecule has 3 aliphatic rings. The maximum absolute atomic E-state index is 14.7. The van der Waals surface area contributed by atoms with Crippen LogP contribution in [0.2, 0.25) is 5.02 Å². The van der Waals surface area contributed by atoms with Crippen molar-refractivity contribution >= 4 is 40.8 Å². The molecular weight excluding hydrogens is 576 g/mol. The van der Waals surface area contributed by atoms with Gasteiger partial charge in [0.25, 0.3) is 11.8 Å². The molecule has 11 heteroatoms. The van der Waals surface area contributed by atoms with Gasteiger partial charge in [0.15, 0.2) is 0 Å². The van der Waals surface area contributed by atoms with Gasteiger partial charge in [0.05, 0.1) is 11.6 Å². The zero-order valence-electron chi connectivity index (χ0n) is 23.1. The van der Waals surface area contributed by atoms with E-state index < -0.39 is 48.7 Å². The Labute approximate surface area is 252 Å². The molecule has 3 fully saturated rings. The number of anilines is 2. The van der Waals surface area contributed by atoms with Crippen molar-refractivity contribution in [3.05, 3.63) is 88.6 Å². The predicted molar refractivity (Wildman–Crippen MR) is 156 cm³/mol. The third-order valence-electron chi connectivity index (χ3n) is 8.20. The van der Waals surface area contributed by atoms with Crippen LogP contribution in [0.15, 0.2) is 66.9 Å². The van der Waals surface area contributed by atoms with Crippen molar-refractivity contribution in [2.24, 2.45) is 0 Å². The van der Waals surface area contributed by atoms with Gasteiger partial charge in [-0.25, -0.2) is 13.8 Å². The van der Waals surface area contributed by atoms with Crippen molar-refractivity contribution in [3.8, 4) is 6.07 Å². The first-order chi connectivity index (χ1) is 20.6. The number of carbonyl (C=O) groups is 3. The molecular formula is C32H28ClF2N5O3. The Morgan fingerprint density at radius 2 is 1.86 bits per heavy atom. The van der Waals surface area contributed by atoms with E-state index in [4.69, 9.17) is 11.6 Å². The number of halogens is 3. The first-order valence-electron chi connectivity index (χ1n) is 14.2. The highest BCUT2D eigenvalue weighted by molar-refractivity contribution is 6.31. The number of alkyl halides is 2. The van der Waals surface area contributed by atoms with Gasteiger partial charge in [0, 0.05) is 47.8 Å². The van der Waals surface area contributed by atoms with Gasteiger partial charge in [0.2, 0.25) is 11.8 Å². The molecule has 3 aromatic rings. The Morgan fingerprint density at radius 3 is 2.56 bits per heavy atom. The normalized spacial score (nSPS) is 20.2. The number of hydrogen-bond donors (Lipinski definition) is 1. The van der Waals surface area contributed by atoms with E-state index in [1.54, 1.807) is 30.3 Å². The molecule has 43 heavy (non-hydrogen) atoms. The molecule has 2 aromatic carbocycles. The van der Waals surface area contributed by atoms with Crippen LogP contribution in [-0.4, -0.2) is 40.7 Å². The molecule has 1 N–H and O–H groups in total. The minimum atomic E-state index is -2.86. The quantitative estimate of drug-likeness (QED) is 0.357. The fourth-order valence-electron chi connectivity index (χ4n) is 5.87. The Bertz CT molecular complexity index is 1630. The molecule has 0 spiro atoms. The van der Waals surface area contributed by atoms with Gasteiger partial charge in [-0.2, -0.15) is 5.26 Å². The number of carbonyl (C=O) groups excluding carboxylic acids is 3. The average molecular weight is 604 g/mol. The fourth-order valence-corrected chi connectivity index (χ4v) is 6.11. The lowest BCUT2D eigenvalue weighted by Gasteiger charge is -2.39. The van der Waals surface area contributed by atoms with E-state index in [0.717, 1.165) is 18.4 Å². The van der Waals surface area contributed by atoms with Crippen LogP contribution < -0.4 is 15.1 Å². The van der Waals surface area contributed by atoms with Crippen LogP contribution in [0.4, 0.5) is 20.3 Å². The molecule has 2 atom stereocenters. The van der Waals surface area contributed by atoms with E-state index >= 15 is 0 Å². The minimum Gasteiger partial charge on any atom is -0.351 e. The number of aromatic nitrogens is 1. The lowest BCUT2D eigenvalue weighted by molar-refractivity contribution is -0.133. The van der Waals surface area contributed by atoms with E-state index in [-0.39, 0.29) is 35.2 Å². The summed E-state index contributed by atoms with van der Waals surface area (Å²) in [5.41, 5.74) is 2.02. The largest absolute Gasteiger partial charge is 0.351 e. The number of nitrogens with zero attached hydrogens (tertiary/aromatic N) is 4. The summed E-state index contributed by atoms with van der Waals surface area (Å²) in [5.74, 6) is -3.92. The second-order valence-electron chi connectivity index (χ2n) is 11.3. The standard InChI is InChI=1S/C32H28ClF2N5O3/c33-25-7-2-1-6-24(25)29(30(42)38-22-16-32(34,35)17-22)39(23-5-3-4-21(15-23)20-8-9-20)31(43)26-10-11-28(41)40(26)27-14-19(18-36)12-13-37-27/h1-7,12-15,20,22,26,29H,8-11,16-17H2,(H,38,42)/t26-,29-/m0/s1. The maximum Gasteiger partial charge on any atom is 0.252 e. The summed E-state index contributed by atoms with van der Waals surface area (Å²) in [4.78, 5) is 48.8. The van der Waals surface area contributed by atoms with Crippen molar-refractivity contribution in [2.45, 2.75) is 68.5 Å². The topological polar surface area (TPSA) is 106 Å². The van der Waals surface area contributed by atoms with Gasteiger partial charge in [-0.1, -0.05) is 41.9 Å². The number of pyridine rings is 1. The summed E-state index contributed by atoms with van der Waals surface area (Å²) in [6.07, 6.45) is 2.63. The van der Waals surface area contributed by atoms with E-state index in [0.29, 0.717) is 17.2 Å². The van der Waals surface area contributed by atoms with Crippen molar-refractivity contribution in [2.75, 3.05) is 9.80 Å². The van der Waals surface area contributed by atoms with E-state index in [1.807, 2.05) is 24.3 Å². The Morgan fingerprint density at radius 1 is 1.09 bits per heavy atom. The lowest BCUT2D eigenvalue weighted by Crippen LogP contribution is -2.56. The third-order valence-corrected chi connectivity index (χ3v) is 8.54. The molecule has 8 nitrogen and oxygen atoms in total. The zero-order chi connectivity index (χ0) is 30.3. The van der Waals surface area contributed by atoms with Crippen LogP contribution >= 0.6 is 11.6 Å². The molecule has 1 aliphatic heterocycles. The SMILES string of the molecule is N#Cc1ccnc(N2C(=O)CC[C@H]2C(=O)N(c2cccc(C3CC3)c2)[C@H](C(=O)NC2CC(F)(F)C2)c2ccccc2Cl)c1. The van der Waals surface area contributed by atoms with Crippen LogP contribution in [-0.2, 0) is 14.4 Å². The van der Waals surface area contributed by atoms with E-state index in [9.17, 15) is 28.4 Å². The monoisotopic (exact) mass is 603 g/mol. The molecule has 2 saturated carbocycles. The highest BCUT2D eigenvalue weighted by atomic mass is 35.5. The van der Waals surface area contributed by atoms with Gasteiger partial charge in [-0.05, 0) is 61.1 Å².